The molecule has 3 nitrogen and oxygen atoms in total. The highest BCUT2D eigenvalue weighted by Crippen LogP contribution is 2.20. The molecule has 0 saturated heterocycles. The highest BCUT2D eigenvalue weighted by Gasteiger charge is 2.12. The van der Waals surface area contributed by atoms with Crippen LogP contribution in [0.5, 0.6) is 0 Å². The smallest absolute Gasteiger partial charge is 0.108 e. The molecule has 1 unspecified atom stereocenters. The molecule has 114 valence electrons. The van der Waals surface area contributed by atoms with Crippen molar-refractivity contribution in [3.8, 4) is 0 Å². The molecule has 21 heavy (non-hydrogen) atoms. The van der Waals surface area contributed by atoms with Crippen LogP contribution >= 0.6 is 0 Å². The molecule has 0 amide bonds. The number of nitrogens with one attached hydrogen (secondary N) is 1. The van der Waals surface area contributed by atoms with Crippen molar-refractivity contribution >= 4 is 0 Å². The predicted octanol–water partition coefficient (Wildman–Crippen LogP) is 3.66. The summed E-state index contributed by atoms with van der Waals surface area (Å²) < 4.78 is 2.11. The van der Waals surface area contributed by atoms with E-state index >= 15 is 0 Å². The lowest BCUT2D eigenvalue weighted by Gasteiger charge is -2.19. The third kappa shape index (κ3) is 4.43. The van der Waals surface area contributed by atoms with Crippen LogP contribution in [0.1, 0.15) is 49.7 Å². The summed E-state index contributed by atoms with van der Waals surface area (Å²) in [7, 11) is 2.06. The lowest BCUT2D eigenvalue weighted by atomic mass is 9.99. The van der Waals surface area contributed by atoms with E-state index < -0.39 is 0 Å². The van der Waals surface area contributed by atoms with Crippen molar-refractivity contribution in [3.05, 3.63) is 53.6 Å². The van der Waals surface area contributed by atoms with Gasteiger partial charge in [0.1, 0.15) is 5.82 Å². The van der Waals surface area contributed by atoms with Gasteiger partial charge in [-0.1, -0.05) is 38.1 Å². The minimum atomic E-state index is 0.410. The normalized spacial score (nSPS) is 12.5. The third-order valence-corrected chi connectivity index (χ3v) is 4.01. The Bertz CT molecular complexity index is 528. The quantitative estimate of drug-likeness (QED) is 0.802. The number of aryl methyl sites for hydroxylation is 3. The maximum atomic E-state index is 4.42. The Balaban J connectivity index is 2.04. The second kappa shape index (κ2) is 7.99. The molecule has 2 rings (SSSR count). The Kier molecular flexibility index (Phi) is 6.00. The molecule has 0 bridgehead atoms. The summed E-state index contributed by atoms with van der Waals surface area (Å²) >= 11 is 0. The van der Waals surface area contributed by atoms with E-state index in [0.29, 0.717) is 6.04 Å². The van der Waals surface area contributed by atoms with E-state index in [1.165, 1.54) is 11.1 Å². The second-order valence-electron chi connectivity index (χ2n) is 5.59. The van der Waals surface area contributed by atoms with Gasteiger partial charge in [0.25, 0.3) is 0 Å². The van der Waals surface area contributed by atoms with E-state index in [4.69, 9.17) is 0 Å². The number of hydrogen-bond donors (Lipinski definition) is 1. The van der Waals surface area contributed by atoms with Crippen molar-refractivity contribution in [2.45, 2.75) is 45.6 Å². The van der Waals surface area contributed by atoms with Crippen LogP contribution in [0.4, 0.5) is 0 Å². The van der Waals surface area contributed by atoms with Gasteiger partial charge >= 0.3 is 0 Å². The molecule has 0 aliphatic carbocycles. The Labute approximate surface area is 128 Å². The zero-order valence-electron chi connectivity index (χ0n) is 13.5. The van der Waals surface area contributed by atoms with Gasteiger partial charge in [-0.15, -0.1) is 0 Å². The van der Waals surface area contributed by atoms with Gasteiger partial charge in [0.2, 0.25) is 0 Å². The fraction of sp³-hybridized carbons (Fsp3) is 0.500. The molecule has 3 heteroatoms. The average Bonchev–Trinajstić information content (AvgIpc) is 2.93. The van der Waals surface area contributed by atoms with E-state index in [2.05, 4.69) is 60.0 Å². The number of imidazole rings is 1. The van der Waals surface area contributed by atoms with Crippen molar-refractivity contribution in [3.63, 3.8) is 0 Å². The molecule has 0 radical (unpaired) electrons. The highest BCUT2D eigenvalue weighted by atomic mass is 15.0. The van der Waals surface area contributed by atoms with Crippen LogP contribution in [0.2, 0.25) is 0 Å². The SMILES string of the molecule is CCCNC(CCc1nccn1C)c1ccc(CC)cc1. The Morgan fingerprint density at radius 3 is 2.52 bits per heavy atom. The number of aromatic nitrogens is 2. The largest absolute Gasteiger partial charge is 0.338 e. The topological polar surface area (TPSA) is 29.9 Å². The van der Waals surface area contributed by atoms with E-state index in [0.717, 1.165) is 38.1 Å². The Morgan fingerprint density at radius 2 is 1.95 bits per heavy atom. The average molecular weight is 285 g/mol. The Morgan fingerprint density at radius 1 is 1.19 bits per heavy atom. The Hall–Kier alpha value is -1.61. The molecular weight excluding hydrogens is 258 g/mol. The first-order valence-corrected chi connectivity index (χ1v) is 8.03. The summed E-state index contributed by atoms with van der Waals surface area (Å²) in [4.78, 5) is 4.42. The van der Waals surface area contributed by atoms with E-state index in [1.807, 2.05) is 12.4 Å². The lowest BCUT2D eigenvalue weighted by molar-refractivity contribution is 0.491. The molecule has 2 aromatic rings. The zero-order chi connectivity index (χ0) is 15.1. The molecule has 0 aliphatic rings. The second-order valence-corrected chi connectivity index (χ2v) is 5.59. The lowest BCUT2D eigenvalue weighted by Crippen LogP contribution is -2.23. The minimum Gasteiger partial charge on any atom is -0.338 e. The first-order valence-electron chi connectivity index (χ1n) is 8.03. The fourth-order valence-corrected chi connectivity index (χ4v) is 2.60. The van der Waals surface area contributed by atoms with Crippen LogP contribution in [-0.4, -0.2) is 16.1 Å². The molecule has 1 aromatic carbocycles. The van der Waals surface area contributed by atoms with Crippen molar-refractivity contribution < 1.29 is 0 Å². The number of benzene rings is 1. The summed E-state index contributed by atoms with van der Waals surface area (Å²) in [5.74, 6) is 1.16. The van der Waals surface area contributed by atoms with Crippen molar-refractivity contribution in [2.24, 2.45) is 7.05 Å². The van der Waals surface area contributed by atoms with Crippen molar-refractivity contribution in [2.75, 3.05) is 6.54 Å². The van der Waals surface area contributed by atoms with E-state index in [9.17, 15) is 0 Å². The summed E-state index contributed by atoms with van der Waals surface area (Å²) in [6.45, 7) is 5.46. The van der Waals surface area contributed by atoms with Crippen LogP contribution in [0, 0.1) is 0 Å². The molecule has 1 atom stereocenters. The van der Waals surface area contributed by atoms with Crippen LogP contribution in [0.15, 0.2) is 36.7 Å². The third-order valence-electron chi connectivity index (χ3n) is 4.01. The monoisotopic (exact) mass is 285 g/mol. The van der Waals surface area contributed by atoms with Gasteiger partial charge in [-0.25, -0.2) is 4.98 Å². The van der Waals surface area contributed by atoms with Crippen LogP contribution < -0.4 is 5.32 Å². The molecule has 0 spiro atoms. The van der Waals surface area contributed by atoms with Crippen LogP contribution in [0.3, 0.4) is 0 Å². The van der Waals surface area contributed by atoms with Gasteiger partial charge in [0, 0.05) is 31.9 Å². The molecule has 0 fully saturated rings. The van der Waals surface area contributed by atoms with Gasteiger partial charge in [0.15, 0.2) is 0 Å². The first-order chi connectivity index (χ1) is 10.2. The molecule has 1 aromatic heterocycles. The van der Waals surface area contributed by atoms with Crippen LogP contribution in [0.25, 0.3) is 0 Å². The molecule has 0 aliphatic heterocycles. The first kappa shape index (κ1) is 15.8. The number of rotatable bonds is 8. The summed E-state index contributed by atoms with van der Waals surface area (Å²) in [5.41, 5.74) is 2.78. The fourth-order valence-electron chi connectivity index (χ4n) is 2.60. The summed E-state index contributed by atoms with van der Waals surface area (Å²) in [6, 6.07) is 9.44. The van der Waals surface area contributed by atoms with Gasteiger partial charge in [0.05, 0.1) is 0 Å². The van der Waals surface area contributed by atoms with E-state index in [1.54, 1.807) is 0 Å². The predicted molar refractivity (Wildman–Crippen MR) is 88.4 cm³/mol. The van der Waals surface area contributed by atoms with Gasteiger partial charge in [-0.3, -0.25) is 0 Å². The minimum absolute atomic E-state index is 0.410. The molecular formula is C18H27N3. The summed E-state index contributed by atoms with van der Waals surface area (Å²) in [5, 5.41) is 3.67. The number of nitrogens with zero attached hydrogens (tertiary/aromatic N) is 2. The van der Waals surface area contributed by atoms with Crippen molar-refractivity contribution in [1.82, 2.24) is 14.9 Å². The number of hydrogen-bond acceptors (Lipinski definition) is 2. The standard InChI is InChI=1S/C18H27N3/c1-4-12-19-17(10-11-18-20-13-14-21(18)3)16-8-6-15(5-2)7-9-16/h6-9,13-14,17,19H,4-5,10-12H2,1-3H3. The summed E-state index contributed by atoms with van der Waals surface area (Å²) in [6.07, 6.45) is 8.23. The maximum absolute atomic E-state index is 4.42. The van der Waals surface area contributed by atoms with Gasteiger partial charge < -0.3 is 9.88 Å². The molecule has 0 saturated carbocycles. The van der Waals surface area contributed by atoms with E-state index in [-0.39, 0.29) is 0 Å². The van der Waals surface area contributed by atoms with Gasteiger partial charge in [-0.2, -0.15) is 0 Å². The van der Waals surface area contributed by atoms with Crippen molar-refractivity contribution in [1.29, 1.82) is 0 Å². The highest BCUT2D eigenvalue weighted by molar-refractivity contribution is 5.25. The molecule has 1 N–H and O–H groups in total. The zero-order valence-corrected chi connectivity index (χ0v) is 13.5. The van der Waals surface area contributed by atoms with Crippen LogP contribution in [-0.2, 0) is 19.9 Å². The van der Waals surface area contributed by atoms with Gasteiger partial charge in [-0.05, 0) is 36.9 Å². The maximum Gasteiger partial charge on any atom is 0.108 e. The molecule has 1 heterocycles.